The molecule has 100 valence electrons. The molecule has 0 N–H and O–H groups in total. The fourth-order valence-electron chi connectivity index (χ4n) is 1.19. The standard InChI is InChI=1S/C10H11N3O.2C2H6/c1-8-6-12-13(7-8)10-5-9(14-2)3-4-11-10;2*1-2/h3-7H,1-2H3;2*1-2H3. The molecule has 0 aliphatic heterocycles. The van der Waals surface area contributed by atoms with E-state index < -0.39 is 0 Å². The normalized spacial score (nSPS) is 8.56. The molecule has 18 heavy (non-hydrogen) atoms. The topological polar surface area (TPSA) is 39.9 Å². The SMILES string of the molecule is CC.CC.COc1ccnc(-n2cc(C)cn2)c1. The number of pyridine rings is 1. The van der Waals surface area contributed by atoms with Crippen LogP contribution in [0.4, 0.5) is 0 Å². The Bertz CT molecular complexity index is 438. The van der Waals surface area contributed by atoms with Crippen molar-refractivity contribution in [2.24, 2.45) is 0 Å². The molecule has 0 aromatic carbocycles. The van der Waals surface area contributed by atoms with E-state index >= 15 is 0 Å². The van der Waals surface area contributed by atoms with E-state index in [4.69, 9.17) is 4.74 Å². The minimum Gasteiger partial charge on any atom is -0.497 e. The number of hydrogen-bond acceptors (Lipinski definition) is 3. The zero-order valence-corrected chi connectivity index (χ0v) is 12.1. The van der Waals surface area contributed by atoms with Crippen molar-refractivity contribution in [3.63, 3.8) is 0 Å². The summed E-state index contributed by atoms with van der Waals surface area (Å²) in [6.45, 7) is 9.99. The lowest BCUT2D eigenvalue weighted by molar-refractivity contribution is 0.414. The van der Waals surface area contributed by atoms with Gasteiger partial charge in [-0.2, -0.15) is 5.10 Å². The van der Waals surface area contributed by atoms with Gasteiger partial charge in [-0.1, -0.05) is 27.7 Å². The van der Waals surface area contributed by atoms with Gasteiger partial charge in [-0.3, -0.25) is 0 Å². The van der Waals surface area contributed by atoms with Crippen molar-refractivity contribution < 1.29 is 4.74 Å². The monoisotopic (exact) mass is 249 g/mol. The van der Waals surface area contributed by atoms with E-state index in [-0.39, 0.29) is 0 Å². The third-order valence-corrected chi connectivity index (χ3v) is 1.90. The van der Waals surface area contributed by atoms with E-state index in [2.05, 4.69) is 10.1 Å². The molecule has 2 aromatic rings. The van der Waals surface area contributed by atoms with E-state index in [0.717, 1.165) is 17.1 Å². The maximum atomic E-state index is 5.10. The highest BCUT2D eigenvalue weighted by Gasteiger charge is 2.00. The third kappa shape index (κ3) is 4.57. The van der Waals surface area contributed by atoms with Gasteiger partial charge < -0.3 is 4.74 Å². The summed E-state index contributed by atoms with van der Waals surface area (Å²) in [6, 6.07) is 3.65. The molecule has 0 unspecified atom stereocenters. The molecule has 0 fully saturated rings. The predicted molar refractivity (Wildman–Crippen MR) is 75.3 cm³/mol. The van der Waals surface area contributed by atoms with Crippen molar-refractivity contribution in [3.05, 3.63) is 36.3 Å². The van der Waals surface area contributed by atoms with Crippen LogP contribution in [0.2, 0.25) is 0 Å². The molecule has 0 aliphatic rings. The van der Waals surface area contributed by atoms with Crippen LogP contribution in [-0.2, 0) is 0 Å². The second-order valence-corrected chi connectivity index (χ2v) is 3.02. The summed E-state index contributed by atoms with van der Waals surface area (Å²) in [5.41, 5.74) is 1.11. The number of ether oxygens (including phenoxy) is 1. The predicted octanol–water partition coefficient (Wildman–Crippen LogP) is 3.64. The minimum atomic E-state index is 0.762. The molecule has 4 heteroatoms. The van der Waals surface area contributed by atoms with Crippen LogP contribution in [0.5, 0.6) is 5.75 Å². The van der Waals surface area contributed by atoms with Crippen LogP contribution in [0.1, 0.15) is 33.3 Å². The summed E-state index contributed by atoms with van der Waals surface area (Å²) in [4.78, 5) is 4.19. The van der Waals surface area contributed by atoms with E-state index in [0.29, 0.717) is 0 Å². The average Bonchev–Trinajstić information content (AvgIpc) is 2.90. The molecule has 0 atom stereocenters. The minimum absolute atomic E-state index is 0.762. The van der Waals surface area contributed by atoms with Crippen LogP contribution in [0.25, 0.3) is 5.82 Å². The van der Waals surface area contributed by atoms with Crippen LogP contribution in [-0.4, -0.2) is 21.9 Å². The van der Waals surface area contributed by atoms with E-state index in [9.17, 15) is 0 Å². The van der Waals surface area contributed by atoms with Crippen molar-refractivity contribution in [2.45, 2.75) is 34.6 Å². The quantitative estimate of drug-likeness (QED) is 0.815. The molecule has 0 radical (unpaired) electrons. The lowest BCUT2D eigenvalue weighted by Gasteiger charge is -2.02. The van der Waals surface area contributed by atoms with Crippen molar-refractivity contribution in [1.82, 2.24) is 14.8 Å². The molecule has 0 aliphatic carbocycles. The van der Waals surface area contributed by atoms with Gasteiger partial charge in [-0.15, -0.1) is 0 Å². The number of aromatic nitrogens is 3. The summed E-state index contributed by atoms with van der Waals surface area (Å²) < 4.78 is 6.82. The summed E-state index contributed by atoms with van der Waals surface area (Å²) in [5, 5.41) is 4.16. The Balaban J connectivity index is 0.000000659. The van der Waals surface area contributed by atoms with Gasteiger partial charge in [0.1, 0.15) is 5.75 Å². The summed E-state index contributed by atoms with van der Waals surface area (Å²) >= 11 is 0. The summed E-state index contributed by atoms with van der Waals surface area (Å²) in [6.07, 6.45) is 5.41. The Morgan fingerprint density at radius 2 is 1.83 bits per heavy atom. The molecule has 0 spiro atoms. The molecule has 2 rings (SSSR count). The highest BCUT2D eigenvalue weighted by molar-refractivity contribution is 5.31. The van der Waals surface area contributed by atoms with Gasteiger partial charge in [0.05, 0.1) is 13.3 Å². The maximum absolute atomic E-state index is 5.10. The fourth-order valence-corrected chi connectivity index (χ4v) is 1.19. The fraction of sp³-hybridized carbons (Fsp3) is 0.429. The van der Waals surface area contributed by atoms with Crippen molar-refractivity contribution in [2.75, 3.05) is 7.11 Å². The van der Waals surface area contributed by atoms with Gasteiger partial charge in [0.15, 0.2) is 5.82 Å². The molecular weight excluding hydrogens is 226 g/mol. The van der Waals surface area contributed by atoms with Crippen LogP contribution < -0.4 is 4.74 Å². The van der Waals surface area contributed by atoms with Crippen LogP contribution in [0, 0.1) is 6.92 Å². The molecule has 0 bridgehead atoms. The van der Waals surface area contributed by atoms with Gasteiger partial charge in [-0.05, 0) is 18.6 Å². The Kier molecular flexibility index (Phi) is 8.27. The Hall–Kier alpha value is -1.84. The second kappa shape index (κ2) is 9.22. The van der Waals surface area contributed by atoms with Gasteiger partial charge in [0.25, 0.3) is 0 Å². The summed E-state index contributed by atoms with van der Waals surface area (Å²) in [5.74, 6) is 1.54. The molecule has 2 aromatic heterocycles. The van der Waals surface area contributed by atoms with Gasteiger partial charge >= 0.3 is 0 Å². The molecule has 0 saturated heterocycles. The zero-order valence-electron chi connectivity index (χ0n) is 12.1. The Morgan fingerprint density at radius 3 is 2.33 bits per heavy atom. The Labute approximate surface area is 110 Å². The number of nitrogens with zero attached hydrogens (tertiary/aromatic N) is 3. The largest absolute Gasteiger partial charge is 0.497 e. The first kappa shape index (κ1) is 16.2. The van der Waals surface area contributed by atoms with E-state index in [1.165, 1.54) is 0 Å². The van der Waals surface area contributed by atoms with Crippen molar-refractivity contribution >= 4 is 0 Å². The first-order chi connectivity index (χ1) is 8.79. The molecular formula is C14H23N3O. The highest BCUT2D eigenvalue weighted by atomic mass is 16.5. The lowest BCUT2D eigenvalue weighted by Crippen LogP contribution is -1.97. The smallest absolute Gasteiger partial charge is 0.156 e. The molecule has 0 saturated carbocycles. The van der Waals surface area contributed by atoms with Gasteiger partial charge in [0.2, 0.25) is 0 Å². The molecule has 4 nitrogen and oxygen atoms in total. The Morgan fingerprint density at radius 1 is 1.17 bits per heavy atom. The van der Waals surface area contributed by atoms with Gasteiger partial charge in [-0.25, -0.2) is 9.67 Å². The zero-order chi connectivity index (χ0) is 14.0. The molecule has 2 heterocycles. The van der Waals surface area contributed by atoms with Crippen LogP contribution >= 0.6 is 0 Å². The third-order valence-electron chi connectivity index (χ3n) is 1.90. The lowest BCUT2D eigenvalue weighted by atomic mass is 10.4. The summed E-state index contributed by atoms with van der Waals surface area (Å²) in [7, 11) is 1.63. The first-order valence-corrected chi connectivity index (χ1v) is 6.31. The average molecular weight is 249 g/mol. The molecule has 0 amide bonds. The number of methoxy groups -OCH3 is 1. The number of aryl methyl sites for hydroxylation is 1. The van der Waals surface area contributed by atoms with E-state index in [1.54, 1.807) is 30.3 Å². The maximum Gasteiger partial charge on any atom is 0.156 e. The van der Waals surface area contributed by atoms with Crippen LogP contribution in [0.3, 0.4) is 0 Å². The first-order valence-electron chi connectivity index (χ1n) is 6.31. The second-order valence-electron chi connectivity index (χ2n) is 3.02. The van der Waals surface area contributed by atoms with Crippen LogP contribution in [0.15, 0.2) is 30.7 Å². The van der Waals surface area contributed by atoms with Gasteiger partial charge in [0, 0.05) is 18.5 Å². The van der Waals surface area contributed by atoms with E-state index in [1.807, 2.05) is 46.9 Å². The van der Waals surface area contributed by atoms with Crippen molar-refractivity contribution in [1.29, 1.82) is 0 Å². The highest BCUT2D eigenvalue weighted by Crippen LogP contribution is 2.13. The number of hydrogen-bond donors (Lipinski definition) is 0. The van der Waals surface area contributed by atoms with Crippen molar-refractivity contribution in [3.8, 4) is 11.6 Å². The number of rotatable bonds is 2.